The molecule has 8 nitrogen and oxygen atoms in total. The highest BCUT2D eigenvalue weighted by Crippen LogP contribution is 2.30. The highest BCUT2D eigenvalue weighted by atomic mass is 32.2. The number of aryl methyl sites for hydroxylation is 1. The van der Waals surface area contributed by atoms with E-state index < -0.39 is 11.2 Å². The molecule has 4 rings (SSSR count). The molecule has 2 aromatic heterocycles. The van der Waals surface area contributed by atoms with Crippen LogP contribution in [0, 0.1) is 6.92 Å². The van der Waals surface area contributed by atoms with Gasteiger partial charge < -0.3 is 15.5 Å². The third-order valence-corrected chi connectivity index (χ3v) is 6.17. The first kappa shape index (κ1) is 22.3. The molecule has 1 unspecified atom stereocenters. The Balaban J connectivity index is 1.55. The van der Waals surface area contributed by atoms with Gasteiger partial charge in [-0.3, -0.25) is 14.2 Å². The summed E-state index contributed by atoms with van der Waals surface area (Å²) in [5.74, 6) is 0.723. The first-order valence-electron chi connectivity index (χ1n) is 10.3. The third kappa shape index (κ3) is 5.15. The van der Waals surface area contributed by atoms with Crippen LogP contribution in [-0.2, 0) is 11.3 Å². The summed E-state index contributed by atoms with van der Waals surface area (Å²) in [7, 11) is 0. The van der Waals surface area contributed by atoms with Gasteiger partial charge in [-0.15, -0.1) is 10.2 Å². The van der Waals surface area contributed by atoms with Gasteiger partial charge in [0.15, 0.2) is 11.0 Å². The fourth-order valence-corrected chi connectivity index (χ4v) is 4.12. The van der Waals surface area contributed by atoms with Gasteiger partial charge in [0.25, 0.3) is 0 Å². The van der Waals surface area contributed by atoms with Crippen molar-refractivity contribution in [2.24, 2.45) is 5.73 Å². The molecule has 0 fully saturated rings. The molecule has 0 aliphatic heterocycles. The standard InChI is InChI=1S/C24H23N5O3S/c1-15-20(12-13-32-15)22-27-28-24(29(22)14-17-6-4-3-5-7-17)33-16(2)23(31)26-19-10-8-18(9-11-19)21(25)30/h3-13,16H,14H2,1-2H3,(H2,25,30)(H,26,31). The fraction of sp³-hybridized carbons (Fsp3) is 0.167. The smallest absolute Gasteiger partial charge is 0.248 e. The SMILES string of the molecule is Cc1occc1-c1nnc(SC(C)C(=O)Nc2ccc(C(N)=O)cc2)n1Cc1ccccc1. The summed E-state index contributed by atoms with van der Waals surface area (Å²) in [5, 5.41) is 11.8. The van der Waals surface area contributed by atoms with E-state index in [2.05, 4.69) is 15.5 Å². The Hall–Kier alpha value is -3.85. The molecule has 2 aromatic carbocycles. The van der Waals surface area contributed by atoms with Gasteiger partial charge in [-0.1, -0.05) is 42.1 Å². The van der Waals surface area contributed by atoms with Crippen molar-refractivity contribution in [3.63, 3.8) is 0 Å². The van der Waals surface area contributed by atoms with Crippen molar-refractivity contribution in [2.75, 3.05) is 5.32 Å². The Labute approximate surface area is 195 Å². The van der Waals surface area contributed by atoms with Gasteiger partial charge in [0.1, 0.15) is 5.76 Å². The third-order valence-electron chi connectivity index (χ3n) is 5.09. The number of hydrogen-bond donors (Lipinski definition) is 2. The van der Waals surface area contributed by atoms with Crippen LogP contribution in [0.4, 0.5) is 5.69 Å². The van der Waals surface area contributed by atoms with Crippen molar-refractivity contribution in [3.05, 3.63) is 83.8 Å². The van der Waals surface area contributed by atoms with Crippen LogP contribution in [0.3, 0.4) is 0 Å². The summed E-state index contributed by atoms with van der Waals surface area (Å²) in [6, 6.07) is 18.3. The first-order valence-corrected chi connectivity index (χ1v) is 11.2. The van der Waals surface area contributed by atoms with E-state index in [1.807, 2.05) is 54.8 Å². The van der Waals surface area contributed by atoms with E-state index >= 15 is 0 Å². The zero-order chi connectivity index (χ0) is 23.4. The van der Waals surface area contributed by atoms with E-state index in [9.17, 15) is 9.59 Å². The number of carbonyl (C=O) groups is 2. The Morgan fingerprint density at radius 2 is 1.82 bits per heavy atom. The number of nitrogens with one attached hydrogen (secondary N) is 1. The number of rotatable bonds is 8. The van der Waals surface area contributed by atoms with Crippen LogP contribution in [-0.4, -0.2) is 31.8 Å². The van der Waals surface area contributed by atoms with Crippen molar-refractivity contribution < 1.29 is 14.0 Å². The lowest BCUT2D eigenvalue weighted by molar-refractivity contribution is -0.115. The molecule has 0 saturated carbocycles. The molecule has 0 spiro atoms. The van der Waals surface area contributed by atoms with E-state index in [-0.39, 0.29) is 5.91 Å². The zero-order valence-electron chi connectivity index (χ0n) is 18.2. The number of aromatic nitrogens is 3. The molecule has 33 heavy (non-hydrogen) atoms. The Morgan fingerprint density at radius 3 is 2.45 bits per heavy atom. The van der Waals surface area contributed by atoms with Crippen LogP contribution >= 0.6 is 11.8 Å². The number of amides is 2. The van der Waals surface area contributed by atoms with Crippen LogP contribution in [0.5, 0.6) is 0 Å². The molecular weight excluding hydrogens is 438 g/mol. The molecule has 1 atom stereocenters. The first-order chi connectivity index (χ1) is 15.9. The maximum absolute atomic E-state index is 12.8. The summed E-state index contributed by atoms with van der Waals surface area (Å²) in [6.07, 6.45) is 1.62. The van der Waals surface area contributed by atoms with Crippen LogP contribution in [0.1, 0.15) is 28.6 Å². The van der Waals surface area contributed by atoms with Crippen LogP contribution < -0.4 is 11.1 Å². The van der Waals surface area contributed by atoms with Gasteiger partial charge in [-0.25, -0.2) is 0 Å². The quantitative estimate of drug-likeness (QED) is 0.382. The van der Waals surface area contributed by atoms with E-state index in [0.717, 1.165) is 16.9 Å². The van der Waals surface area contributed by atoms with Gasteiger partial charge in [-0.05, 0) is 49.7 Å². The zero-order valence-corrected chi connectivity index (χ0v) is 19.0. The van der Waals surface area contributed by atoms with Gasteiger partial charge in [-0.2, -0.15) is 0 Å². The topological polar surface area (TPSA) is 116 Å². The lowest BCUT2D eigenvalue weighted by atomic mass is 10.2. The molecule has 2 amide bonds. The molecule has 0 bridgehead atoms. The predicted octanol–water partition coefficient (Wildman–Crippen LogP) is 4.11. The molecule has 2 heterocycles. The molecule has 0 aliphatic rings. The second-order valence-electron chi connectivity index (χ2n) is 7.46. The molecule has 0 aliphatic carbocycles. The van der Waals surface area contributed by atoms with Crippen molar-refractivity contribution in [1.82, 2.24) is 14.8 Å². The highest BCUT2D eigenvalue weighted by Gasteiger charge is 2.22. The summed E-state index contributed by atoms with van der Waals surface area (Å²) in [6.45, 7) is 4.24. The number of benzene rings is 2. The second-order valence-corrected chi connectivity index (χ2v) is 8.77. The number of carbonyl (C=O) groups excluding carboxylic acids is 2. The van der Waals surface area contributed by atoms with Crippen molar-refractivity contribution in [3.8, 4) is 11.4 Å². The van der Waals surface area contributed by atoms with Crippen molar-refractivity contribution in [2.45, 2.75) is 30.8 Å². The van der Waals surface area contributed by atoms with Crippen molar-refractivity contribution >= 4 is 29.3 Å². The van der Waals surface area contributed by atoms with E-state index in [1.165, 1.54) is 11.8 Å². The minimum atomic E-state index is -0.516. The predicted molar refractivity (Wildman–Crippen MR) is 127 cm³/mol. The van der Waals surface area contributed by atoms with Gasteiger partial charge in [0, 0.05) is 11.3 Å². The number of thioether (sulfide) groups is 1. The number of nitrogens with two attached hydrogens (primary N) is 1. The van der Waals surface area contributed by atoms with Gasteiger partial charge in [0.05, 0.1) is 23.6 Å². The Kier molecular flexibility index (Phi) is 6.60. The average molecular weight is 462 g/mol. The number of hydrogen-bond acceptors (Lipinski definition) is 6. The van der Waals surface area contributed by atoms with Crippen LogP contribution in [0.2, 0.25) is 0 Å². The monoisotopic (exact) mass is 461 g/mol. The van der Waals surface area contributed by atoms with Crippen LogP contribution in [0.15, 0.2) is 76.5 Å². The normalized spacial score (nSPS) is 11.8. The minimum Gasteiger partial charge on any atom is -0.469 e. The molecule has 3 N–H and O–H groups in total. The second kappa shape index (κ2) is 9.74. The van der Waals surface area contributed by atoms with E-state index in [4.69, 9.17) is 10.2 Å². The lowest BCUT2D eigenvalue weighted by Crippen LogP contribution is -2.23. The largest absolute Gasteiger partial charge is 0.469 e. The summed E-state index contributed by atoms with van der Waals surface area (Å²) in [5.41, 5.74) is 8.18. The molecule has 0 radical (unpaired) electrons. The summed E-state index contributed by atoms with van der Waals surface area (Å²) >= 11 is 1.32. The Bertz CT molecular complexity index is 1270. The minimum absolute atomic E-state index is 0.192. The van der Waals surface area contributed by atoms with Gasteiger partial charge in [0.2, 0.25) is 11.8 Å². The molecule has 4 aromatic rings. The van der Waals surface area contributed by atoms with E-state index in [0.29, 0.717) is 28.8 Å². The summed E-state index contributed by atoms with van der Waals surface area (Å²) < 4.78 is 7.45. The summed E-state index contributed by atoms with van der Waals surface area (Å²) in [4.78, 5) is 24.0. The number of nitrogens with zero attached hydrogens (tertiary/aromatic N) is 3. The average Bonchev–Trinajstić information content (AvgIpc) is 3.40. The highest BCUT2D eigenvalue weighted by molar-refractivity contribution is 8.00. The maximum atomic E-state index is 12.8. The van der Waals surface area contributed by atoms with E-state index in [1.54, 1.807) is 30.5 Å². The Morgan fingerprint density at radius 1 is 1.09 bits per heavy atom. The molecule has 9 heteroatoms. The lowest BCUT2D eigenvalue weighted by Gasteiger charge is -2.14. The maximum Gasteiger partial charge on any atom is 0.248 e. The number of primary amides is 1. The van der Waals surface area contributed by atoms with Crippen molar-refractivity contribution in [1.29, 1.82) is 0 Å². The molecule has 168 valence electrons. The number of anilines is 1. The van der Waals surface area contributed by atoms with Gasteiger partial charge >= 0.3 is 0 Å². The molecular formula is C24H23N5O3S. The number of furan rings is 1. The molecule has 0 saturated heterocycles. The van der Waals surface area contributed by atoms with Crippen LogP contribution in [0.25, 0.3) is 11.4 Å². The fourth-order valence-electron chi connectivity index (χ4n) is 3.27.